The van der Waals surface area contributed by atoms with Crippen LogP contribution in [-0.2, 0) is 4.79 Å². The molecule has 4 heteroatoms. The van der Waals surface area contributed by atoms with E-state index in [0.29, 0.717) is 0 Å². The van der Waals surface area contributed by atoms with Crippen LogP contribution in [0.15, 0.2) is 24.3 Å². The van der Waals surface area contributed by atoms with Gasteiger partial charge in [-0.2, -0.15) is 0 Å². The number of methoxy groups -OCH3 is 1. The van der Waals surface area contributed by atoms with Crippen molar-refractivity contribution in [2.75, 3.05) is 20.2 Å². The van der Waals surface area contributed by atoms with Gasteiger partial charge in [0.25, 0.3) is 0 Å². The molecule has 2 N–H and O–H groups in total. The molecule has 0 radical (unpaired) electrons. The maximum absolute atomic E-state index is 11.2. The Morgan fingerprint density at radius 3 is 2.70 bits per heavy atom. The second-order valence-electron chi connectivity index (χ2n) is 5.17. The van der Waals surface area contributed by atoms with Crippen molar-refractivity contribution in [1.82, 2.24) is 5.32 Å². The Kier molecular flexibility index (Phi) is 4.79. The van der Waals surface area contributed by atoms with E-state index in [0.717, 1.165) is 48.4 Å². The number of hydrogen-bond acceptors (Lipinski definition) is 3. The molecular weight excluding hydrogens is 254 g/mol. The van der Waals surface area contributed by atoms with Crippen LogP contribution < -0.4 is 10.1 Å². The Balaban J connectivity index is 2.45. The van der Waals surface area contributed by atoms with E-state index in [2.05, 4.69) is 5.32 Å². The number of carboxylic acids is 1. The molecule has 0 spiro atoms. The summed E-state index contributed by atoms with van der Waals surface area (Å²) >= 11 is 0. The minimum absolute atomic E-state index is 0.267. The quantitative estimate of drug-likeness (QED) is 0.829. The lowest BCUT2D eigenvalue weighted by molar-refractivity contribution is -0.131. The molecule has 1 fully saturated rings. The summed E-state index contributed by atoms with van der Waals surface area (Å²) in [7, 11) is 1.62. The van der Waals surface area contributed by atoms with E-state index in [9.17, 15) is 9.90 Å². The van der Waals surface area contributed by atoms with Gasteiger partial charge in [-0.05, 0) is 56.5 Å². The first-order valence-corrected chi connectivity index (χ1v) is 6.92. The molecule has 1 aliphatic heterocycles. The number of benzene rings is 1. The predicted octanol–water partition coefficient (Wildman–Crippen LogP) is 2.47. The summed E-state index contributed by atoms with van der Waals surface area (Å²) in [6.45, 7) is 3.86. The number of ether oxygens (including phenoxy) is 1. The van der Waals surface area contributed by atoms with Gasteiger partial charge in [0.2, 0.25) is 0 Å². The SMILES string of the molecule is COc1ccc(C)cc1/C(=C/C(=O)O)C1CCNCC1. The first kappa shape index (κ1) is 14.6. The van der Waals surface area contributed by atoms with E-state index in [1.165, 1.54) is 6.08 Å². The third-order valence-electron chi connectivity index (χ3n) is 3.72. The molecular formula is C16H21NO3. The topological polar surface area (TPSA) is 58.6 Å². The molecule has 2 rings (SSSR count). The fraction of sp³-hybridized carbons (Fsp3) is 0.438. The van der Waals surface area contributed by atoms with Crippen LogP contribution in [0, 0.1) is 12.8 Å². The number of allylic oxidation sites excluding steroid dienone is 1. The number of nitrogens with one attached hydrogen (secondary N) is 1. The molecule has 0 saturated carbocycles. The number of piperidine rings is 1. The summed E-state index contributed by atoms with van der Waals surface area (Å²) in [6, 6.07) is 5.89. The van der Waals surface area contributed by atoms with Crippen LogP contribution >= 0.6 is 0 Å². The molecule has 4 nitrogen and oxygen atoms in total. The van der Waals surface area contributed by atoms with Gasteiger partial charge in [0, 0.05) is 11.6 Å². The minimum Gasteiger partial charge on any atom is -0.496 e. The van der Waals surface area contributed by atoms with Crippen molar-refractivity contribution < 1.29 is 14.6 Å². The highest BCUT2D eigenvalue weighted by Crippen LogP contribution is 2.35. The molecule has 1 aliphatic rings. The lowest BCUT2D eigenvalue weighted by Crippen LogP contribution is -2.28. The summed E-state index contributed by atoms with van der Waals surface area (Å²) in [4.78, 5) is 11.2. The highest BCUT2D eigenvalue weighted by atomic mass is 16.5. The van der Waals surface area contributed by atoms with Crippen LogP contribution in [0.25, 0.3) is 5.57 Å². The number of aliphatic carboxylic acids is 1. The molecule has 1 heterocycles. The number of aryl methyl sites for hydroxylation is 1. The monoisotopic (exact) mass is 275 g/mol. The van der Waals surface area contributed by atoms with E-state index in [1.807, 2.05) is 25.1 Å². The van der Waals surface area contributed by atoms with Crippen molar-refractivity contribution >= 4 is 11.5 Å². The maximum Gasteiger partial charge on any atom is 0.328 e. The fourth-order valence-corrected chi connectivity index (χ4v) is 2.73. The highest BCUT2D eigenvalue weighted by molar-refractivity contribution is 5.91. The average molecular weight is 275 g/mol. The van der Waals surface area contributed by atoms with Crippen LogP contribution in [0.4, 0.5) is 0 Å². The molecule has 1 saturated heterocycles. The van der Waals surface area contributed by atoms with Crippen LogP contribution in [0.3, 0.4) is 0 Å². The molecule has 1 aromatic carbocycles. The van der Waals surface area contributed by atoms with Crippen LogP contribution in [0.1, 0.15) is 24.0 Å². The molecule has 0 atom stereocenters. The number of carboxylic acid groups (broad SMARTS) is 1. The molecule has 0 amide bonds. The van der Waals surface area contributed by atoms with E-state index in [-0.39, 0.29) is 5.92 Å². The third kappa shape index (κ3) is 3.39. The van der Waals surface area contributed by atoms with Crippen LogP contribution in [0.2, 0.25) is 0 Å². The Labute approximate surface area is 119 Å². The minimum atomic E-state index is -0.901. The Hall–Kier alpha value is -1.81. The van der Waals surface area contributed by atoms with Gasteiger partial charge in [-0.15, -0.1) is 0 Å². The van der Waals surface area contributed by atoms with Crippen molar-refractivity contribution in [3.63, 3.8) is 0 Å². The van der Waals surface area contributed by atoms with Crippen LogP contribution in [-0.4, -0.2) is 31.3 Å². The van der Waals surface area contributed by atoms with Crippen LogP contribution in [0.5, 0.6) is 5.75 Å². The standard InChI is InChI=1S/C16H21NO3/c1-11-3-4-15(20-2)14(9-11)13(10-16(18)19)12-5-7-17-8-6-12/h3-4,9-10,12,17H,5-8H2,1-2H3,(H,18,19)/b13-10+. The Morgan fingerprint density at radius 2 is 2.10 bits per heavy atom. The summed E-state index contributed by atoms with van der Waals surface area (Å²) in [5, 5.41) is 12.5. The molecule has 0 bridgehead atoms. The van der Waals surface area contributed by atoms with Gasteiger partial charge in [-0.25, -0.2) is 4.79 Å². The lowest BCUT2D eigenvalue weighted by Gasteiger charge is -2.26. The van der Waals surface area contributed by atoms with E-state index < -0.39 is 5.97 Å². The van der Waals surface area contributed by atoms with Gasteiger partial charge in [0.15, 0.2) is 0 Å². The number of hydrogen-bond donors (Lipinski definition) is 2. The van der Waals surface area contributed by atoms with E-state index in [4.69, 9.17) is 4.74 Å². The van der Waals surface area contributed by atoms with Crippen molar-refractivity contribution in [2.24, 2.45) is 5.92 Å². The van der Waals surface area contributed by atoms with Gasteiger partial charge in [-0.3, -0.25) is 0 Å². The van der Waals surface area contributed by atoms with Crippen molar-refractivity contribution in [3.8, 4) is 5.75 Å². The third-order valence-corrected chi connectivity index (χ3v) is 3.72. The van der Waals surface area contributed by atoms with Crippen molar-refractivity contribution in [2.45, 2.75) is 19.8 Å². The summed E-state index contributed by atoms with van der Waals surface area (Å²) in [5.41, 5.74) is 2.88. The zero-order valence-corrected chi connectivity index (χ0v) is 12.0. The normalized spacial score (nSPS) is 17.0. The summed E-state index contributed by atoms with van der Waals surface area (Å²) in [5.74, 6) is 0.103. The molecule has 108 valence electrons. The van der Waals surface area contributed by atoms with Gasteiger partial charge >= 0.3 is 5.97 Å². The smallest absolute Gasteiger partial charge is 0.328 e. The lowest BCUT2D eigenvalue weighted by atomic mass is 9.84. The van der Waals surface area contributed by atoms with Gasteiger partial charge in [-0.1, -0.05) is 11.6 Å². The molecule has 20 heavy (non-hydrogen) atoms. The summed E-state index contributed by atoms with van der Waals surface area (Å²) < 4.78 is 5.40. The van der Waals surface area contributed by atoms with Gasteiger partial charge in [0.05, 0.1) is 7.11 Å². The maximum atomic E-state index is 11.2. The van der Waals surface area contributed by atoms with E-state index in [1.54, 1.807) is 7.11 Å². The van der Waals surface area contributed by atoms with Crippen molar-refractivity contribution in [3.05, 3.63) is 35.4 Å². The zero-order valence-electron chi connectivity index (χ0n) is 12.0. The van der Waals surface area contributed by atoms with E-state index >= 15 is 0 Å². The Bertz CT molecular complexity index is 516. The number of carbonyl (C=O) groups is 1. The van der Waals surface area contributed by atoms with Gasteiger partial charge < -0.3 is 15.2 Å². The zero-order chi connectivity index (χ0) is 14.5. The molecule has 0 aromatic heterocycles. The van der Waals surface area contributed by atoms with Crippen molar-refractivity contribution in [1.29, 1.82) is 0 Å². The second-order valence-corrected chi connectivity index (χ2v) is 5.17. The molecule has 0 aliphatic carbocycles. The molecule has 0 unspecified atom stereocenters. The average Bonchev–Trinajstić information content (AvgIpc) is 2.45. The summed E-state index contributed by atoms with van der Waals surface area (Å²) in [6.07, 6.45) is 3.25. The predicted molar refractivity (Wildman–Crippen MR) is 78.9 cm³/mol. The highest BCUT2D eigenvalue weighted by Gasteiger charge is 2.22. The fourth-order valence-electron chi connectivity index (χ4n) is 2.73. The second kappa shape index (κ2) is 6.57. The van der Waals surface area contributed by atoms with Gasteiger partial charge in [0.1, 0.15) is 5.75 Å². The largest absolute Gasteiger partial charge is 0.496 e. The molecule has 1 aromatic rings. The first-order chi connectivity index (χ1) is 9.61. The number of rotatable bonds is 4. The Morgan fingerprint density at radius 1 is 1.40 bits per heavy atom. The first-order valence-electron chi connectivity index (χ1n) is 6.92.